The highest BCUT2D eigenvalue weighted by Gasteiger charge is 2.27. The third-order valence-electron chi connectivity index (χ3n) is 4.45. The zero-order valence-corrected chi connectivity index (χ0v) is 18.8. The fourth-order valence-electron chi connectivity index (χ4n) is 2.82. The topological polar surface area (TPSA) is 66.5 Å². The first-order chi connectivity index (χ1) is 14.6. The van der Waals surface area contributed by atoms with Crippen LogP contribution in [-0.2, 0) is 21.4 Å². The highest BCUT2D eigenvalue weighted by molar-refractivity contribution is 7.89. The Morgan fingerprint density at radius 2 is 1.61 bits per heavy atom. The van der Waals surface area contributed by atoms with Crippen molar-refractivity contribution in [2.75, 3.05) is 11.9 Å². The first kappa shape index (κ1) is 23.2. The van der Waals surface area contributed by atoms with Crippen LogP contribution in [0.3, 0.4) is 0 Å². The van der Waals surface area contributed by atoms with E-state index in [9.17, 15) is 17.6 Å². The van der Waals surface area contributed by atoms with E-state index in [2.05, 4.69) is 5.32 Å². The van der Waals surface area contributed by atoms with Crippen LogP contribution in [0.5, 0.6) is 0 Å². The van der Waals surface area contributed by atoms with Crippen molar-refractivity contribution in [1.82, 2.24) is 4.31 Å². The van der Waals surface area contributed by atoms with Gasteiger partial charge in [-0.25, -0.2) is 12.8 Å². The third kappa shape index (κ3) is 6.04. The summed E-state index contributed by atoms with van der Waals surface area (Å²) in [7, 11) is -4.00. The summed E-state index contributed by atoms with van der Waals surface area (Å²) in [6.45, 7) is 1.30. The molecule has 162 valence electrons. The smallest absolute Gasteiger partial charge is 0.243 e. The van der Waals surface area contributed by atoms with Crippen LogP contribution in [0, 0.1) is 12.7 Å². The summed E-state index contributed by atoms with van der Waals surface area (Å²) in [6, 6.07) is 16.3. The van der Waals surface area contributed by atoms with Crippen molar-refractivity contribution >= 4 is 44.8 Å². The molecule has 3 rings (SSSR count). The summed E-state index contributed by atoms with van der Waals surface area (Å²) < 4.78 is 40.7. The Balaban J connectivity index is 1.88. The molecule has 0 aromatic heterocycles. The molecule has 5 nitrogen and oxygen atoms in total. The molecule has 0 atom stereocenters. The van der Waals surface area contributed by atoms with Crippen LogP contribution in [0.15, 0.2) is 71.6 Å². The molecule has 31 heavy (non-hydrogen) atoms. The first-order valence-corrected chi connectivity index (χ1v) is 11.4. The van der Waals surface area contributed by atoms with Gasteiger partial charge in [-0.2, -0.15) is 4.31 Å². The van der Waals surface area contributed by atoms with Gasteiger partial charge in [0.2, 0.25) is 15.9 Å². The van der Waals surface area contributed by atoms with Gasteiger partial charge in [0, 0.05) is 12.2 Å². The lowest BCUT2D eigenvalue weighted by atomic mass is 10.2. The quantitative estimate of drug-likeness (QED) is 0.500. The molecule has 0 fully saturated rings. The summed E-state index contributed by atoms with van der Waals surface area (Å²) in [5.74, 6) is -1.01. The minimum Gasteiger partial charge on any atom is -0.325 e. The van der Waals surface area contributed by atoms with E-state index >= 15 is 0 Å². The number of halogens is 3. The number of hydrogen-bond donors (Lipinski definition) is 1. The van der Waals surface area contributed by atoms with Gasteiger partial charge in [-0.15, -0.1) is 0 Å². The van der Waals surface area contributed by atoms with E-state index in [-0.39, 0.29) is 16.5 Å². The number of benzene rings is 3. The van der Waals surface area contributed by atoms with Crippen LogP contribution >= 0.6 is 23.2 Å². The molecule has 9 heteroatoms. The van der Waals surface area contributed by atoms with E-state index in [4.69, 9.17) is 23.2 Å². The predicted octanol–water partition coefficient (Wildman–Crippen LogP) is 5.27. The predicted molar refractivity (Wildman–Crippen MR) is 120 cm³/mol. The number of nitrogens with one attached hydrogen (secondary N) is 1. The van der Waals surface area contributed by atoms with E-state index in [0.717, 1.165) is 9.87 Å². The number of nitrogens with zero attached hydrogens (tertiary/aromatic N) is 1. The largest absolute Gasteiger partial charge is 0.325 e. The average molecular weight is 481 g/mol. The van der Waals surface area contributed by atoms with E-state index in [0.29, 0.717) is 16.3 Å². The van der Waals surface area contributed by atoms with Crippen LogP contribution in [0.1, 0.15) is 11.1 Å². The molecule has 0 spiro atoms. The van der Waals surface area contributed by atoms with Gasteiger partial charge in [0.15, 0.2) is 0 Å². The number of rotatable bonds is 7. The molecular weight excluding hydrogens is 462 g/mol. The monoisotopic (exact) mass is 480 g/mol. The maximum absolute atomic E-state index is 13.3. The Morgan fingerprint density at radius 3 is 2.23 bits per heavy atom. The second-order valence-corrected chi connectivity index (χ2v) is 9.64. The Labute approximate surface area is 190 Å². The molecule has 0 saturated heterocycles. The number of hydrogen-bond acceptors (Lipinski definition) is 3. The summed E-state index contributed by atoms with van der Waals surface area (Å²) in [6.07, 6.45) is 0. The zero-order valence-electron chi connectivity index (χ0n) is 16.5. The lowest BCUT2D eigenvalue weighted by Gasteiger charge is -2.22. The Hall–Kier alpha value is -2.45. The molecule has 3 aromatic rings. The van der Waals surface area contributed by atoms with Gasteiger partial charge in [0.25, 0.3) is 0 Å². The van der Waals surface area contributed by atoms with Crippen molar-refractivity contribution < 1.29 is 17.6 Å². The van der Waals surface area contributed by atoms with E-state index in [1.54, 1.807) is 30.3 Å². The molecule has 1 amide bonds. The highest BCUT2D eigenvalue weighted by atomic mass is 35.5. The van der Waals surface area contributed by atoms with Crippen LogP contribution in [-0.4, -0.2) is 25.2 Å². The average Bonchev–Trinajstić information content (AvgIpc) is 2.72. The number of anilines is 1. The number of amides is 1. The molecule has 1 N–H and O–H groups in total. The van der Waals surface area contributed by atoms with Crippen molar-refractivity contribution in [3.05, 3.63) is 93.7 Å². The van der Waals surface area contributed by atoms with Gasteiger partial charge in [-0.1, -0.05) is 47.0 Å². The summed E-state index contributed by atoms with van der Waals surface area (Å²) in [5, 5.41) is 3.20. The van der Waals surface area contributed by atoms with Gasteiger partial charge >= 0.3 is 0 Å². The third-order valence-corrected chi connectivity index (χ3v) is 6.99. The van der Waals surface area contributed by atoms with Gasteiger partial charge in [0.05, 0.1) is 21.5 Å². The molecule has 0 saturated carbocycles. The standard InChI is InChI=1S/C22H19Cl2FN2O3S/c1-15-2-9-19(10-3-15)31(29,30)27(13-16-4-11-20(23)21(24)12-16)14-22(28)26-18-7-5-17(25)6-8-18/h2-12H,13-14H2,1H3,(H,26,28). The lowest BCUT2D eigenvalue weighted by molar-refractivity contribution is -0.116. The second kappa shape index (κ2) is 9.78. The van der Waals surface area contributed by atoms with Crippen molar-refractivity contribution in [2.45, 2.75) is 18.4 Å². The SMILES string of the molecule is Cc1ccc(S(=O)(=O)N(CC(=O)Nc2ccc(F)cc2)Cc2ccc(Cl)c(Cl)c2)cc1. The summed E-state index contributed by atoms with van der Waals surface area (Å²) in [5.41, 5.74) is 1.83. The molecule has 3 aromatic carbocycles. The van der Waals surface area contributed by atoms with Crippen LogP contribution < -0.4 is 5.32 Å². The van der Waals surface area contributed by atoms with Crippen molar-refractivity contribution in [1.29, 1.82) is 0 Å². The minimum atomic E-state index is -4.00. The van der Waals surface area contributed by atoms with Crippen molar-refractivity contribution in [2.24, 2.45) is 0 Å². The summed E-state index contributed by atoms with van der Waals surface area (Å²) >= 11 is 12.0. The maximum atomic E-state index is 13.3. The first-order valence-electron chi connectivity index (χ1n) is 9.21. The van der Waals surface area contributed by atoms with Crippen molar-refractivity contribution in [3.8, 4) is 0 Å². The Bertz CT molecular complexity index is 1180. The lowest BCUT2D eigenvalue weighted by Crippen LogP contribution is -2.37. The van der Waals surface area contributed by atoms with Crippen molar-refractivity contribution in [3.63, 3.8) is 0 Å². The van der Waals surface area contributed by atoms with Gasteiger partial charge in [-0.3, -0.25) is 4.79 Å². The van der Waals surface area contributed by atoms with Crippen LogP contribution in [0.4, 0.5) is 10.1 Å². The molecule has 0 heterocycles. The molecular formula is C22H19Cl2FN2O3S. The summed E-state index contributed by atoms with van der Waals surface area (Å²) in [4.78, 5) is 12.7. The molecule has 0 radical (unpaired) electrons. The highest BCUT2D eigenvalue weighted by Crippen LogP contribution is 2.25. The normalized spacial score (nSPS) is 11.5. The Morgan fingerprint density at radius 1 is 0.968 bits per heavy atom. The molecule has 0 unspecified atom stereocenters. The Kier molecular flexibility index (Phi) is 7.33. The number of carbonyl (C=O) groups is 1. The molecule has 0 aliphatic rings. The van der Waals surface area contributed by atoms with E-state index in [1.165, 1.54) is 36.4 Å². The molecule has 0 aliphatic carbocycles. The second-order valence-electron chi connectivity index (χ2n) is 6.89. The number of carbonyl (C=O) groups excluding carboxylic acids is 1. The fourth-order valence-corrected chi connectivity index (χ4v) is 4.53. The van der Waals surface area contributed by atoms with Gasteiger partial charge in [-0.05, 0) is 61.0 Å². The number of sulfonamides is 1. The molecule has 0 bridgehead atoms. The minimum absolute atomic E-state index is 0.0627. The van der Waals surface area contributed by atoms with Crippen LogP contribution in [0.25, 0.3) is 0 Å². The molecule has 0 aliphatic heterocycles. The van der Waals surface area contributed by atoms with Gasteiger partial charge in [0.1, 0.15) is 5.82 Å². The van der Waals surface area contributed by atoms with Crippen LogP contribution in [0.2, 0.25) is 10.0 Å². The van der Waals surface area contributed by atoms with Gasteiger partial charge < -0.3 is 5.32 Å². The zero-order chi connectivity index (χ0) is 22.6. The maximum Gasteiger partial charge on any atom is 0.243 e. The van der Waals surface area contributed by atoms with E-state index < -0.39 is 28.3 Å². The number of aryl methyl sites for hydroxylation is 1. The van der Waals surface area contributed by atoms with E-state index in [1.807, 2.05) is 6.92 Å². The fraction of sp³-hybridized carbons (Fsp3) is 0.136.